The first-order valence-corrected chi connectivity index (χ1v) is 9.10. The van der Waals surface area contributed by atoms with Crippen LogP contribution in [-0.2, 0) is 0 Å². The molecular formula is C20H24N6. The number of nitrogens with one attached hydrogen (secondary N) is 1. The number of nitrogens with zero attached hydrogens (tertiary/aromatic N) is 5. The summed E-state index contributed by atoms with van der Waals surface area (Å²) in [4.78, 5) is 11.2. The van der Waals surface area contributed by atoms with Gasteiger partial charge in [0, 0.05) is 48.8 Å². The maximum atomic E-state index is 4.54. The van der Waals surface area contributed by atoms with Crippen LogP contribution in [0.1, 0.15) is 30.6 Å². The summed E-state index contributed by atoms with van der Waals surface area (Å²) in [5.41, 5.74) is 2.34. The Morgan fingerprint density at radius 1 is 1.08 bits per heavy atom. The fourth-order valence-corrected chi connectivity index (χ4v) is 3.65. The van der Waals surface area contributed by atoms with Crippen LogP contribution < -0.4 is 10.2 Å². The highest BCUT2D eigenvalue weighted by atomic mass is 15.3. The molecule has 26 heavy (non-hydrogen) atoms. The van der Waals surface area contributed by atoms with E-state index in [0.717, 1.165) is 36.8 Å². The fraction of sp³-hybridized carbons (Fsp3) is 0.350. The van der Waals surface area contributed by atoms with Crippen LogP contribution in [0.5, 0.6) is 0 Å². The van der Waals surface area contributed by atoms with Gasteiger partial charge in [-0.15, -0.1) is 0 Å². The summed E-state index contributed by atoms with van der Waals surface area (Å²) in [6, 6.07) is 12.6. The van der Waals surface area contributed by atoms with E-state index >= 15 is 0 Å². The molecule has 4 rings (SSSR count). The molecule has 6 heteroatoms. The highest BCUT2D eigenvalue weighted by molar-refractivity contribution is 5.39. The summed E-state index contributed by atoms with van der Waals surface area (Å²) in [6.07, 6.45) is 6.72. The van der Waals surface area contributed by atoms with Gasteiger partial charge >= 0.3 is 0 Å². The van der Waals surface area contributed by atoms with Gasteiger partial charge in [-0.1, -0.05) is 12.1 Å². The lowest BCUT2D eigenvalue weighted by Crippen LogP contribution is -2.34. The Kier molecular flexibility index (Phi) is 4.67. The van der Waals surface area contributed by atoms with E-state index in [1.807, 2.05) is 47.4 Å². The topological polar surface area (TPSA) is 58.9 Å². The molecule has 1 N–H and O–H groups in total. The van der Waals surface area contributed by atoms with Crippen molar-refractivity contribution in [2.24, 2.45) is 0 Å². The van der Waals surface area contributed by atoms with Crippen LogP contribution in [0.3, 0.4) is 0 Å². The minimum absolute atomic E-state index is 0.237. The first-order chi connectivity index (χ1) is 12.7. The number of anilines is 1. The molecule has 0 spiro atoms. The van der Waals surface area contributed by atoms with Crippen LogP contribution in [0, 0.1) is 6.92 Å². The number of rotatable bonds is 5. The first kappa shape index (κ1) is 16.7. The molecular weight excluding hydrogens is 324 g/mol. The van der Waals surface area contributed by atoms with E-state index in [1.165, 1.54) is 5.56 Å². The number of pyridine rings is 2. The van der Waals surface area contributed by atoms with Crippen LogP contribution in [-0.4, -0.2) is 38.9 Å². The van der Waals surface area contributed by atoms with Gasteiger partial charge in [0.25, 0.3) is 0 Å². The SMILES string of the molecule is Cc1c(C(C)NC2CCN(c3ccccn3)C2)cnn1-c1ccccn1. The average Bonchev–Trinajstić information content (AvgIpc) is 3.30. The molecule has 2 atom stereocenters. The Balaban J connectivity index is 1.43. The molecule has 0 aromatic carbocycles. The van der Waals surface area contributed by atoms with Gasteiger partial charge in [-0.3, -0.25) is 0 Å². The summed E-state index contributed by atoms with van der Waals surface area (Å²) >= 11 is 0. The smallest absolute Gasteiger partial charge is 0.153 e. The molecule has 3 aromatic rings. The molecule has 134 valence electrons. The molecule has 0 amide bonds. The summed E-state index contributed by atoms with van der Waals surface area (Å²) < 4.78 is 1.91. The fourth-order valence-electron chi connectivity index (χ4n) is 3.65. The molecule has 0 bridgehead atoms. The summed E-state index contributed by atoms with van der Waals surface area (Å²) in [7, 11) is 0. The third-order valence-corrected chi connectivity index (χ3v) is 5.03. The van der Waals surface area contributed by atoms with Crippen LogP contribution in [0.15, 0.2) is 55.0 Å². The molecule has 0 saturated carbocycles. The molecule has 6 nitrogen and oxygen atoms in total. The molecule has 1 fully saturated rings. The van der Waals surface area contributed by atoms with Crippen LogP contribution >= 0.6 is 0 Å². The highest BCUT2D eigenvalue weighted by Gasteiger charge is 2.25. The van der Waals surface area contributed by atoms with Gasteiger partial charge in [0.1, 0.15) is 5.82 Å². The van der Waals surface area contributed by atoms with Crippen molar-refractivity contribution in [2.45, 2.75) is 32.4 Å². The van der Waals surface area contributed by atoms with Crippen molar-refractivity contribution in [3.8, 4) is 5.82 Å². The lowest BCUT2D eigenvalue weighted by atomic mass is 10.1. The summed E-state index contributed by atoms with van der Waals surface area (Å²) in [5.74, 6) is 1.91. The first-order valence-electron chi connectivity index (χ1n) is 9.10. The normalized spacial score (nSPS) is 18.2. The number of hydrogen-bond donors (Lipinski definition) is 1. The monoisotopic (exact) mass is 348 g/mol. The number of hydrogen-bond acceptors (Lipinski definition) is 5. The standard InChI is InChI=1S/C20H24N6/c1-15(18-13-23-26(16(18)2)20-8-4-6-11-22-20)24-17-9-12-25(14-17)19-7-3-5-10-21-19/h3-8,10-11,13,15,17,24H,9,12,14H2,1-2H3. The summed E-state index contributed by atoms with van der Waals surface area (Å²) in [5, 5.41) is 8.30. The Morgan fingerprint density at radius 2 is 1.81 bits per heavy atom. The van der Waals surface area contributed by atoms with E-state index in [9.17, 15) is 0 Å². The van der Waals surface area contributed by atoms with Crippen molar-refractivity contribution in [1.82, 2.24) is 25.1 Å². The van der Waals surface area contributed by atoms with E-state index in [2.05, 4.69) is 45.2 Å². The minimum Gasteiger partial charge on any atom is -0.355 e. The lowest BCUT2D eigenvalue weighted by molar-refractivity contribution is 0.479. The average molecular weight is 348 g/mol. The van der Waals surface area contributed by atoms with Crippen molar-refractivity contribution in [3.05, 3.63) is 66.2 Å². The van der Waals surface area contributed by atoms with E-state index < -0.39 is 0 Å². The predicted octanol–water partition coefficient (Wildman–Crippen LogP) is 2.90. The molecule has 4 heterocycles. The van der Waals surface area contributed by atoms with Crippen molar-refractivity contribution in [2.75, 3.05) is 18.0 Å². The largest absolute Gasteiger partial charge is 0.355 e. The predicted molar refractivity (Wildman–Crippen MR) is 103 cm³/mol. The maximum Gasteiger partial charge on any atom is 0.153 e. The van der Waals surface area contributed by atoms with Gasteiger partial charge in [-0.2, -0.15) is 5.10 Å². The third-order valence-electron chi connectivity index (χ3n) is 5.03. The molecule has 1 aliphatic heterocycles. The zero-order valence-corrected chi connectivity index (χ0v) is 15.2. The highest BCUT2D eigenvalue weighted by Crippen LogP contribution is 2.23. The summed E-state index contributed by atoms with van der Waals surface area (Å²) in [6.45, 7) is 6.32. The Bertz CT molecular complexity index is 845. The van der Waals surface area contributed by atoms with Crippen molar-refractivity contribution < 1.29 is 0 Å². The van der Waals surface area contributed by atoms with Crippen molar-refractivity contribution >= 4 is 5.82 Å². The van der Waals surface area contributed by atoms with Crippen molar-refractivity contribution in [3.63, 3.8) is 0 Å². The van der Waals surface area contributed by atoms with Crippen molar-refractivity contribution in [1.29, 1.82) is 0 Å². The van der Waals surface area contributed by atoms with Gasteiger partial charge < -0.3 is 10.2 Å². The van der Waals surface area contributed by atoms with Crippen LogP contribution in [0.4, 0.5) is 5.82 Å². The van der Waals surface area contributed by atoms with Gasteiger partial charge in [0.05, 0.1) is 6.20 Å². The van der Waals surface area contributed by atoms with Gasteiger partial charge in [0.15, 0.2) is 5.82 Å². The molecule has 0 aliphatic carbocycles. The minimum atomic E-state index is 0.237. The second kappa shape index (κ2) is 7.25. The quantitative estimate of drug-likeness (QED) is 0.768. The third kappa shape index (κ3) is 3.32. The van der Waals surface area contributed by atoms with Gasteiger partial charge in [-0.25, -0.2) is 14.6 Å². The zero-order valence-electron chi connectivity index (χ0n) is 15.2. The van der Waals surface area contributed by atoms with E-state index in [1.54, 1.807) is 6.20 Å². The molecule has 3 aromatic heterocycles. The molecule has 0 radical (unpaired) electrons. The van der Waals surface area contributed by atoms with E-state index in [0.29, 0.717) is 6.04 Å². The zero-order chi connectivity index (χ0) is 17.9. The van der Waals surface area contributed by atoms with E-state index in [4.69, 9.17) is 0 Å². The second-order valence-electron chi connectivity index (χ2n) is 6.79. The molecule has 1 saturated heterocycles. The van der Waals surface area contributed by atoms with Crippen LogP contribution in [0.2, 0.25) is 0 Å². The Labute approximate surface area is 153 Å². The molecule has 2 unspecified atom stereocenters. The number of aromatic nitrogens is 4. The Hall–Kier alpha value is -2.73. The van der Waals surface area contributed by atoms with Gasteiger partial charge in [0.2, 0.25) is 0 Å². The van der Waals surface area contributed by atoms with Gasteiger partial charge in [-0.05, 0) is 44.5 Å². The van der Waals surface area contributed by atoms with Crippen LogP contribution in [0.25, 0.3) is 5.82 Å². The lowest BCUT2D eigenvalue weighted by Gasteiger charge is -2.21. The molecule has 1 aliphatic rings. The second-order valence-corrected chi connectivity index (χ2v) is 6.79. The Morgan fingerprint density at radius 3 is 2.50 bits per heavy atom. The maximum absolute atomic E-state index is 4.54. The van der Waals surface area contributed by atoms with E-state index in [-0.39, 0.29) is 6.04 Å².